The number of hydrogen-bond donors (Lipinski definition) is 1. The highest BCUT2D eigenvalue weighted by molar-refractivity contribution is 7.18. The lowest BCUT2D eigenvalue weighted by Crippen LogP contribution is -2.41. The molecule has 16 heavy (non-hydrogen) atoms. The molecule has 1 aliphatic carbocycles. The summed E-state index contributed by atoms with van der Waals surface area (Å²) >= 11 is 7.73. The molecule has 2 N–H and O–H groups in total. The molecule has 2 nitrogen and oxygen atoms in total. The molecule has 1 aliphatic rings. The number of fused-ring (bicyclic) bond motifs is 1. The lowest BCUT2D eigenvalue weighted by Gasteiger charge is -2.38. The number of benzene rings is 1. The Kier molecular flexibility index (Phi) is 2.42. The van der Waals surface area contributed by atoms with E-state index in [1.54, 1.807) is 11.3 Å². The van der Waals surface area contributed by atoms with Crippen molar-refractivity contribution in [3.8, 4) is 0 Å². The van der Waals surface area contributed by atoms with Crippen LogP contribution in [0, 0.1) is 0 Å². The third kappa shape index (κ3) is 1.46. The summed E-state index contributed by atoms with van der Waals surface area (Å²) in [4.78, 5) is 4.69. The summed E-state index contributed by atoms with van der Waals surface area (Å²) in [7, 11) is 0. The van der Waals surface area contributed by atoms with Gasteiger partial charge >= 0.3 is 0 Å². The maximum absolute atomic E-state index is 5.96. The lowest BCUT2D eigenvalue weighted by molar-refractivity contribution is 0.252. The van der Waals surface area contributed by atoms with Crippen LogP contribution in [0.15, 0.2) is 18.2 Å². The van der Waals surface area contributed by atoms with Gasteiger partial charge in [-0.05, 0) is 31.0 Å². The van der Waals surface area contributed by atoms with Gasteiger partial charge in [-0.1, -0.05) is 18.0 Å². The quantitative estimate of drug-likeness (QED) is 0.891. The molecule has 0 spiro atoms. The summed E-state index contributed by atoms with van der Waals surface area (Å²) in [5.74, 6) is 0. The fraction of sp³-hybridized carbons (Fsp3) is 0.417. The number of aromatic nitrogens is 1. The first-order valence-corrected chi connectivity index (χ1v) is 6.70. The number of rotatable bonds is 2. The molecular formula is C12H13ClN2S. The molecular weight excluding hydrogens is 240 g/mol. The monoisotopic (exact) mass is 252 g/mol. The van der Waals surface area contributed by atoms with Gasteiger partial charge in [-0.15, -0.1) is 11.3 Å². The minimum atomic E-state index is 0.163. The number of thiazole rings is 1. The van der Waals surface area contributed by atoms with E-state index in [1.165, 1.54) is 29.0 Å². The molecule has 0 saturated heterocycles. The van der Waals surface area contributed by atoms with Crippen LogP contribution in [-0.2, 0) is 5.41 Å². The van der Waals surface area contributed by atoms with Crippen LogP contribution in [0.1, 0.15) is 24.3 Å². The van der Waals surface area contributed by atoms with Crippen molar-refractivity contribution in [2.45, 2.75) is 24.7 Å². The van der Waals surface area contributed by atoms with Gasteiger partial charge in [0.05, 0.1) is 10.2 Å². The van der Waals surface area contributed by atoms with Gasteiger partial charge in [0.2, 0.25) is 0 Å². The zero-order valence-electron chi connectivity index (χ0n) is 8.87. The van der Waals surface area contributed by atoms with E-state index >= 15 is 0 Å². The van der Waals surface area contributed by atoms with Gasteiger partial charge in [0.25, 0.3) is 0 Å². The Morgan fingerprint density at radius 3 is 2.88 bits per heavy atom. The van der Waals surface area contributed by atoms with Crippen LogP contribution in [0.2, 0.25) is 5.02 Å². The maximum Gasteiger partial charge on any atom is 0.101 e. The van der Waals surface area contributed by atoms with Crippen LogP contribution in [-0.4, -0.2) is 11.5 Å². The van der Waals surface area contributed by atoms with Crippen LogP contribution >= 0.6 is 22.9 Å². The van der Waals surface area contributed by atoms with Gasteiger partial charge in [-0.3, -0.25) is 0 Å². The van der Waals surface area contributed by atoms with Crippen molar-refractivity contribution in [1.29, 1.82) is 0 Å². The van der Waals surface area contributed by atoms with Crippen LogP contribution < -0.4 is 5.73 Å². The highest BCUT2D eigenvalue weighted by Crippen LogP contribution is 2.45. The highest BCUT2D eigenvalue weighted by atomic mass is 35.5. The summed E-state index contributed by atoms with van der Waals surface area (Å²) < 4.78 is 1.21. The first kappa shape index (κ1) is 10.5. The standard InChI is InChI=1S/C12H13ClN2S/c13-8-2-3-10-9(6-8)15-11(16-10)12(7-14)4-1-5-12/h2-3,6H,1,4-5,7,14H2. The molecule has 0 radical (unpaired) electrons. The Hall–Kier alpha value is -0.640. The van der Waals surface area contributed by atoms with E-state index in [4.69, 9.17) is 22.3 Å². The van der Waals surface area contributed by atoms with E-state index in [-0.39, 0.29) is 5.41 Å². The van der Waals surface area contributed by atoms with Crippen molar-refractivity contribution >= 4 is 33.2 Å². The van der Waals surface area contributed by atoms with Gasteiger partial charge < -0.3 is 5.73 Å². The van der Waals surface area contributed by atoms with E-state index < -0.39 is 0 Å². The van der Waals surface area contributed by atoms with Gasteiger partial charge in [-0.25, -0.2) is 4.98 Å². The molecule has 2 aromatic rings. The first-order valence-electron chi connectivity index (χ1n) is 5.50. The van der Waals surface area contributed by atoms with Crippen LogP contribution in [0.5, 0.6) is 0 Å². The van der Waals surface area contributed by atoms with Gasteiger partial charge in [-0.2, -0.15) is 0 Å². The predicted octanol–water partition coefficient (Wildman–Crippen LogP) is 3.33. The SMILES string of the molecule is NCC1(c2nc3cc(Cl)ccc3s2)CCC1. The molecule has 1 aromatic heterocycles. The number of nitrogens with two attached hydrogens (primary N) is 1. The largest absolute Gasteiger partial charge is 0.329 e. The minimum absolute atomic E-state index is 0.163. The summed E-state index contributed by atoms with van der Waals surface area (Å²) in [5.41, 5.74) is 7.06. The van der Waals surface area contributed by atoms with Crippen molar-refractivity contribution < 1.29 is 0 Å². The van der Waals surface area contributed by atoms with E-state index in [1.807, 2.05) is 18.2 Å². The second kappa shape index (κ2) is 3.69. The molecule has 0 unspecified atom stereocenters. The van der Waals surface area contributed by atoms with Crippen LogP contribution in [0.25, 0.3) is 10.2 Å². The maximum atomic E-state index is 5.96. The summed E-state index contributed by atoms with van der Waals surface area (Å²) in [6.45, 7) is 0.709. The van der Waals surface area contributed by atoms with Crippen LogP contribution in [0.3, 0.4) is 0 Å². The smallest absolute Gasteiger partial charge is 0.101 e. The summed E-state index contributed by atoms with van der Waals surface area (Å²) in [6, 6.07) is 5.89. The third-order valence-corrected chi connectivity index (χ3v) is 5.02. The Bertz CT molecular complexity index is 525. The number of nitrogens with zero attached hydrogens (tertiary/aromatic N) is 1. The molecule has 1 fully saturated rings. The predicted molar refractivity (Wildman–Crippen MR) is 69.2 cm³/mol. The minimum Gasteiger partial charge on any atom is -0.329 e. The molecule has 0 aliphatic heterocycles. The second-order valence-electron chi connectivity index (χ2n) is 4.47. The van der Waals surface area contributed by atoms with E-state index in [9.17, 15) is 0 Å². The molecule has 3 rings (SSSR count). The van der Waals surface area contributed by atoms with Crippen molar-refractivity contribution in [1.82, 2.24) is 4.98 Å². The first-order chi connectivity index (χ1) is 7.73. The fourth-order valence-electron chi connectivity index (χ4n) is 2.24. The van der Waals surface area contributed by atoms with E-state index in [0.717, 1.165) is 10.5 Å². The van der Waals surface area contributed by atoms with Crippen molar-refractivity contribution in [2.24, 2.45) is 5.73 Å². The van der Waals surface area contributed by atoms with Crippen molar-refractivity contribution in [2.75, 3.05) is 6.54 Å². The Labute approximate surface area is 103 Å². The van der Waals surface area contributed by atoms with Gasteiger partial charge in [0.15, 0.2) is 0 Å². The van der Waals surface area contributed by atoms with E-state index in [2.05, 4.69) is 0 Å². The molecule has 84 valence electrons. The molecule has 0 atom stereocenters. The third-order valence-electron chi connectivity index (χ3n) is 3.50. The van der Waals surface area contributed by atoms with Crippen molar-refractivity contribution in [3.05, 3.63) is 28.2 Å². The number of hydrogen-bond acceptors (Lipinski definition) is 3. The normalized spacial score (nSPS) is 18.6. The van der Waals surface area contributed by atoms with Gasteiger partial charge in [0.1, 0.15) is 5.01 Å². The zero-order valence-corrected chi connectivity index (χ0v) is 10.4. The Morgan fingerprint density at radius 2 is 2.25 bits per heavy atom. The average molecular weight is 253 g/mol. The Balaban J connectivity index is 2.11. The topological polar surface area (TPSA) is 38.9 Å². The van der Waals surface area contributed by atoms with Crippen LogP contribution in [0.4, 0.5) is 0 Å². The zero-order chi connectivity index (χ0) is 11.2. The molecule has 4 heteroatoms. The van der Waals surface area contributed by atoms with Gasteiger partial charge in [0, 0.05) is 17.0 Å². The number of halogens is 1. The molecule has 1 heterocycles. The highest BCUT2D eigenvalue weighted by Gasteiger charge is 2.40. The van der Waals surface area contributed by atoms with E-state index in [0.29, 0.717) is 6.54 Å². The lowest BCUT2D eigenvalue weighted by atomic mass is 9.69. The molecule has 0 bridgehead atoms. The Morgan fingerprint density at radius 1 is 1.44 bits per heavy atom. The molecule has 1 aromatic carbocycles. The summed E-state index contributed by atoms with van der Waals surface area (Å²) in [6.07, 6.45) is 3.63. The average Bonchev–Trinajstić information content (AvgIpc) is 2.60. The second-order valence-corrected chi connectivity index (χ2v) is 5.94. The molecule has 0 amide bonds. The van der Waals surface area contributed by atoms with Crippen molar-refractivity contribution in [3.63, 3.8) is 0 Å². The summed E-state index contributed by atoms with van der Waals surface area (Å²) in [5, 5.41) is 1.94. The fourth-order valence-corrected chi connectivity index (χ4v) is 3.60. The molecule has 1 saturated carbocycles.